The van der Waals surface area contributed by atoms with E-state index in [2.05, 4.69) is 39.7 Å². The van der Waals surface area contributed by atoms with Gasteiger partial charge >= 0.3 is 0 Å². The molecule has 0 aliphatic heterocycles. The van der Waals surface area contributed by atoms with Gasteiger partial charge in [0.15, 0.2) is 0 Å². The lowest BCUT2D eigenvalue weighted by atomic mass is 10.3. The van der Waals surface area contributed by atoms with Crippen molar-refractivity contribution < 1.29 is 0 Å². The first kappa shape index (κ1) is 11.9. The largest absolute Gasteiger partial charge is 0.365 e. The summed E-state index contributed by atoms with van der Waals surface area (Å²) in [5, 5.41) is 6.21. The summed E-state index contributed by atoms with van der Waals surface area (Å²) in [6.07, 6.45) is 2.84. The van der Waals surface area contributed by atoms with Gasteiger partial charge in [-0.05, 0) is 24.6 Å². The maximum absolute atomic E-state index is 4.30. The van der Waals surface area contributed by atoms with Gasteiger partial charge < -0.3 is 10.6 Å². The van der Waals surface area contributed by atoms with Crippen LogP contribution in [0.1, 0.15) is 16.7 Å². The molecule has 0 spiro atoms. The van der Waals surface area contributed by atoms with Crippen LogP contribution in [0.4, 0.5) is 11.8 Å². The van der Waals surface area contributed by atoms with E-state index in [4.69, 9.17) is 0 Å². The van der Waals surface area contributed by atoms with Crippen molar-refractivity contribution in [2.75, 3.05) is 17.7 Å². The Balaban J connectivity index is 1.96. The van der Waals surface area contributed by atoms with Gasteiger partial charge in [0.2, 0.25) is 5.95 Å². The summed E-state index contributed by atoms with van der Waals surface area (Å²) in [6.45, 7) is 2.98. The van der Waals surface area contributed by atoms with Crippen molar-refractivity contribution in [2.45, 2.75) is 19.9 Å². The Hall–Kier alpha value is -1.62. The number of aromatic nitrogens is 2. The van der Waals surface area contributed by atoms with E-state index >= 15 is 0 Å². The lowest BCUT2D eigenvalue weighted by molar-refractivity contribution is 1.09. The molecule has 0 saturated carbocycles. The molecule has 2 heterocycles. The molecular formula is C12H16N4S. The number of anilines is 2. The third-order valence-electron chi connectivity index (χ3n) is 2.39. The van der Waals surface area contributed by atoms with Crippen LogP contribution in [0, 0.1) is 0 Å². The Labute approximate surface area is 105 Å². The minimum absolute atomic E-state index is 0.635. The predicted molar refractivity (Wildman–Crippen MR) is 72.6 cm³/mol. The summed E-state index contributed by atoms with van der Waals surface area (Å²) in [6, 6.07) is 6.21. The molecule has 90 valence electrons. The smallest absolute Gasteiger partial charge is 0.224 e. The number of hydrogen-bond acceptors (Lipinski definition) is 5. The normalized spacial score (nSPS) is 10.2. The van der Waals surface area contributed by atoms with E-state index in [1.807, 2.05) is 24.5 Å². The van der Waals surface area contributed by atoms with Crippen LogP contribution >= 0.6 is 11.3 Å². The Morgan fingerprint density at radius 1 is 1.24 bits per heavy atom. The van der Waals surface area contributed by atoms with E-state index < -0.39 is 0 Å². The molecule has 2 rings (SSSR count). The number of nitrogens with one attached hydrogen (secondary N) is 2. The number of hydrogen-bond donors (Lipinski definition) is 2. The summed E-state index contributed by atoms with van der Waals surface area (Å²) < 4.78 is 0. The lowest BCUT2D eigenvalue weighted by Crippen LogP contribution is -2.02. The van der Waals surface area contributed by atoms with Gasteiger partial charge in [0.25, 0.3) is 0 Å². The van der Waals surface area contributed by atoms with Crippen LogP contribution in [0.5, 0.6) is 0 Å². The molecular weight excluding hydrogens is 232 g/mol. The van der Waals surface area contributed by atoms with Crippen LogP contribution in [0.3, 0.4) is 0 Å². The molecule has 0 unspecified atom stereocenters. The SMILES string of the molecule is CCc1ccc(CNc2ccnc(NC)n2)s1. The van der Waals surface area contributed by atoms with E-state index in [0.29, 0.717) is 5.95 Å². The van der Waals surface area contributed by atoms with Gasteiger partial charge in [-0.15, -0.1) is 11.3 Å². The number of rotatable bonds is 5. The van der Waals surface area contributed by atoms with Gasteiger partial charge in [-0.3, -0.25) is 0 Å². The summed E-state index contributed by atoms with van der Waals surface area (Å²) in [5.74, 6) is 1.48. The number of aryl methyl sites for hydroxylation is 1. The van der Waals surface area contributed by atoms with Crippen molar-refractivity contribution in [3.05, 3.63) is 34.2 Å². The maximum atomic E-state index is 4.30. The molecule has 5 heteroatoms. The van der Waals surface area contributed by atoms with Crippen LogP contribution in [0.2, 0.25) is 0 Å². The highest BCUT2D eigenvalue weighted by Crippen LogP contribution is 2.18. The van der Waals surface area contributed by atoms with Crippen LogP contribution in [0.25, 0.3) is 0 Å². The Morgan fingerprint density at radius 3 is 2.76 bits per heavy atom. The molecule has 0 aromatic carbocycles. The standard InChI is InChI=1S/C12H16N4S/c1-3-9-4-5-10(17-9)8-15-11-6-7-14-12(13-2)16-11/h4-7H,3,8H2,1-2H3,(H2,13,14,15,16). The minimum Gasteiger partial charge on any atom is -0.365 e. The zero-order valence-electron chi connectivity index (χ0n) is 10.0. The Morgan fingerprint density at radius 2 is 2.06 bits per heavy atom. The molecule has 0 amide bonds. The predicted octanol–water partition coefficient (Wildman–Crippen LogP) is 2.75. The van der Waals surface area contributed by atoms with Crippen molar-refractivity contribution in [1.82, 2.24) is 9.97 Å². The van der Waals surface area contributed by atoms with Crippen LogP contribution in [-0.4, -0.2) is 17.0 Å². The first-order valence-corrected chi connectivity index (χ1v) is 6.45. The Kier molecular flexibility index (Phi) is 3.93. The lowest BCUT2D eigenvalue weighted by Gasteiger charge is -2.04. The quantitative estimate of drug-likeness (QED) is 0.854. The molecule has 0 atom stereocenters. The van der Waals surface area contributed by atoms with Crippen molar-refractivity contribution in [3.63, 3.8) is 0 Å². The molecule has 0 saturated heterocycles. The van der Waals surface area contributed by atoms with E-state index in [1.54, 1.807) is 6.20 Å². The molecule has 4 nitrogen and oxygen atoms in total. The van der Waals surface area contributed by atoms with Crippen LogP contribution in [0.15, 0.2) is 24.4 Å². The summed E-state index contributed by atoms with van der Waals surface area (Å²) >= 11 is 1.84. The second-order valence-electron chi connectivity index (χ2n) is 3.59. The molecule has 17 heavy (non-hydrogen) atoms. The highest BCUT2D eigenvalue weighted by molar-refractivity contribution is 7.12. The maximum Gasteiger partial charge on any atom is 0.224 e. The summed E-state index contributed by atoms with van der Waals surface area (Å²) in [5.41, 5.74) is 0. The fourth-order valence-corrected chi connectivity index (χ4v) is 2.36. The molecule has 0 aliphatic rings. The van der Waals surface area contributed by atoms with Gasteiger partial charge in [0.1, 0.15) is 5.82 Å². The highest BCUT2D eigenvalue weighted by atomic mass is 32.1. The summed E-state index contributed by atoms with van der Waals surface area (Å²) in [7, 11) is 1.81. The molecule has 2 aromatic rings. The van der Waals surface area contributed by atoms with E-state index in [0.717, 1.165) is 18.8 Å². The van der Waals surface area contributed by atoms with Gasteiger partial charge in [-0.1, -0.05) is 6.92 Å². The van der Waals surface area contributed by atoms with Gasteiger partial charge in [-0.2, -0.15) is 4.98 Å². The van der Waals surface area contributed by atoms with Gasteiger partial charge in [-0.25, -0.2) is 4.98 Å². The van der Waals surface area contributed by atoms with Crippen LogP contribution < -0.4 is 10.6 Å². The minimum atomic E-state index is 0.635. The van der Waals surface area contributed by atoms with Crippen molar-refractivity contribution in [3.8, 4) is 0 Å². The van der Waals surface area contributed by atoms with E-state index in [-0.39, 0.29) is 0 Å². The van der Waals surface area contributed by atoms with Crippen molar-refractivity contribution >= 4 is 23.1 Å². The van der Waals surface area contributed by atoms with Crippen LogP contribution in [-0.2, 0) is 13.0 Å². The molecule has 0 fully saturated rings. The molecule has 2 N–H and O–H groups in total. The average molecular weight is 248 g/mol. The zero-order valence-corrected chi connectivity index (χ0v) is 10.8. The van der Waals surface area contributed by atoms with Gasteiger partial charge in [0, 0.05) is 23.0 Å². The fourth-order valence-electron chi connectivity index (χ4n) is 1.46. The van der Waals surface area contributed by atoms with Gasteiger partial charge in [0.05, 0.1) is 6.54 Å². The number of nitrogens with zero attached hydrogens (tertiary/aromatic N) is 2. The first-order chi connectivity index (χ1) is 8.31. The second kappa shape index (κ2) is 5.63. The van der Waals surface area contributed by atoms with E-state index in [9.17, 15) is 0 Å². The summed E-state index contributed by atoms with van der Waals surface area (Å²) in [4.78, 5) is 11.1. The number of thiophene rings is 1. The third-order valence-corrected chi connectivity index (χ3v) is 3.62. The molecule has 2 aromatic heterocycles. The highest BCUT2D eigenvalue weighted by Gasteiger charge is 2.00. The Bertz CT molecular complexity index is 481. The topological polar surface area (TPSA) is 49.8 Å². The molecule has 0 aliphatic carbocycles. The monoisotopic (exact) mass is 248 g/mol. The van der Waals surface area contributed by atoms with E-state index in [1.165, 1.54) is 9.75 Å². The molecule has 0 bridgehead atoms. The van der Waals surface area contributed by atoms with Crippen molar-refractivity contribution in [2.24, 2.45) is 0 Å². The fraction of sp³-hybridized carbons (Fsp3) is 0.333. The third kappa shape index (κ3) is 3.17. The first-order valence-electron chi connectivity index (χ1n) is 5.64. The van der Waals surface area contributed by atoms with Crippen molar-refractivity contribution in [1.29, 1.82) is 0 Å². The molecule has 0 radical (unpaired) electrons. The average Bonchev–Trinajstić information content (AvgIpc) is 2.84. The second-order valence-corrected chi connectivity index (χ2v) is 4.84. The zero-order chi connectivity index (χ0) is 12.1.